The Balaban J connectivity index is 0.00000361. The number of carbonyl (C=O) groups excluding carboxylic acids is 1. The van der Waals surface area contributed by atoms with Crippen LogP contribution >= 0.6 is 12.4 Å². The van der Waals surface area contributed by atoms with Crippen LogP contribution in [0.2, 0.25) is 0 Å². The minimum atomic E-state index is -0.902. The maximum Gasteiger partial charge on any atom is 0.320 e. The van der Waals surface area contributed by atoms with E-state index >= 15 is 0 Å². The van der Waals surface area contributed by atoms with Gasteiger partial charge in [0.15, 0.2) is 0 Å². The van der Waals surface area contributed by atoms with Gasteiger partial charge in [0.2, 0.25) is 5.91 Å². The average Bonchev–Trinajstić information content (AvgIpc) is 2.31. The van der Waals surface area contributed by atoms with Gasteiger partial charge in [-0.1, -0.05) is 32.1 Å². The monoisotopic (exact) mass is 306 g/mol. The number of aliphatic carboxylic acids is 1. The van der Waals surface area contributed by atoms with Crippen LogP contribution in [-0.2, 0) is 9.59 Å². The van der Waals surface area contributed by atoms with Gasteiger partial charge in [0.05, 0.1) is 6.54 Å². The van der Waals surface area contributed by atoms with Crippen LogP contribution in [0.15, 0.2) is 0 Å². The molecule has 0 radical (unpaired) electrons. The van der Waals surface area contributed by atoms with Gasteiger partial charge in [-0.15, -0.1) is 12.4 Å². The zero-order valence-electron chi connectivity index (χ0n) is 12.4. The Hall–Kier alpha value is -0.810. The third kappa shape index (κ3) is 7.10. The van der Waals surface area contributed by atoms with Crippen LogP contribution in [0.1, 0.15) is 51.9 Å². The van der Waals surface area contributed by atoms with Crippen molar-refractivity contribution in [2.75, 3.05) is 13.6 Å². The number of carboxylic acid groups (broad SMARTS) is 1. The zero-order chi connectivity index (χ0) is 14.3. The molecular weight excluding hydrogens is 280 g/mol. The number of hydrogen-bond donors (Lipinski definition) is 2. The quantitative estimate of drug-likeness (QED) is 0.815. The van der Waals surface area contributed by atoms with Crippen molar-refractivity contribution < 1.29 is 14.7 Å². The fraction of sp³-hybridized carbons (Fsp3) is 0.857. The minimum Gasteiger partial charge on any atom is -0.480 e. The summed E-state index contributed by atoms with van der Waals surface area (Å²) in [7, 11) is 1.66. The molecule has 1 aliphatic carbocycles. The summed E-state index contributed by atoms with van der Waals surface area (Å²) in [5.41, 5.74) is 0. The Morgan fingerprint density at radius 2 is 1.70 bits per heavy atom. The molecule has 2 N–H and O–H groups in total. The summed E-state index contributed by atoms with van der Waals surface area (Å²) in [5.74, 6) is -0.970. The van der Waals surface area contributed by atoms with Crippen molar-refractivity contribution in [2.24, 2.45) is 0 Å². The van der Waals surface area contributed by atoms with Gasteiger partial charge < -0.3 is 10.4 Å². The Labute approximate surface area is 127 Å². The number of halogens is 1. The van der Waals surface area contributed by atoms with E-state index in [4.69, 9.17) is 5.11 Å². The molecule has 1 fully saturated rings. The average molecular weight is 307 g/mol. The third-order valence-electron chi connectivity index (χ3n) is 3.88. The molecule has 0 bridgehead atoms. The van der Waals surface area contributed by atoms with E-state index in [0.717, 1.165) is 12.8 Å². The first-order valence-electron chi connectivity index (χ1n) is 7.23. The van der Waals surface area contributed by atoms with Crippen molar-refractivity contribution in [2.45, 2.75) is 64.0 Å². The van der Waals surface area contributed by atoms with Gasteiger partial charge in [-0.25, -0.2) is 0 Å². The van der Waals surface area contributed by atoms with E-state index in [1.807, 2.05) is 0 Å². The molecule has 0 aromatic heterocycles. The van der Waals surface area contributed by atoms with Gasteiger partial charge in [0, 0.05) is 6.04 Å². The van der Waals surface area contributed by atoms with Crippen LogP contribution in [-0.4, -0.2) is 47.6 Å². The predicted octanol–water partition coefficient (Wildman–Crippen LogP) is 2.04. The van der Waals surface area contributed by atoms with Crippen molar-refractivity contribution in [3.63, 3.8) is 0 Å². The molecule has 0 aliphatic heterocycles. The molecule has 0 aromatic carbocycles. The number of likely N-dealkylation sites (N-methyl/N-ethyl adjacent to an activating group) is 1. The van der Waals surface area contributed by atoms with E-state index in [1.54, 1.807) is 18.9 Å². The van der Waals surface area contributed by atoms with Crippen LogP contribution < -0.4 is 5.32 Å². The van der Waals surface area contributed by atoms with E-state index < -0.39 is 12.0 Å². The van der Waals surface area contributed by atoms with Crippen LogP contribution in [0, 0.1) is 0 Å². The summed E-state index contributed by atoms with van der Waals surface area (Å²) in [4.78, 5) is 24.3. The van der Waals surface area contributed by atoms with Gasteiger partial charge in [0.25, 0.3) is 0 Å². The number of rotatable bonds is 5. The zero-order valence-corrected chi connectivity index (χ0v) is 13.2. The number of amides is 1. The van der Waals surface area contributed by atoms with Crippen molar-refractivity contribution >= 4 is 24.3 Å². The van der Waals surface area contributed by atoms with Crippen molar-refractivity contribution in [3.05, 3.63) is 0 Å². The summed E-state index contributed by atoms with van der Waals surface area (Å²) in [5, 5.41) is 11.9. The van der Waals surface area contributed by atoms with E-state index in [2.05, 4.69) is 5.32 Å². The van der Waals surface area contributed by atoms with Gasteiger partial charge in [0.1, 0.15) is 6.04 Å². The molecule has 1 saturated carbocycles. The molecular formula is C14H27ClN2O3. The van der Waals surface area contributed by atoms with E-state index in [9.17, 15) is 9.59 Å². The first kappa shape index (κ1) is 19.2. The number of hydrogen-bond acceptors (Lipinski definition) is 3. The minimum absolute atomic E-state index is 0. The molecule has 5 nitrogen and oxygen atoms in total. The largest absolute Gasteiger partial charge is 0.480 e. The topological polar surface area (TPSA) is 69.6 Å². The lowest BCUT2D eigenvalue weighted by atomic mass is 9.97. The fourth-order valence-electron chi connectivity index (χ4n) is 2.43. The number of nitrogens with one attached hydrogen (secondary N) is 1. The Kier molecular flexibility index (Phi) is 9.59. The highest BCUT2D eigenvalue weighted by Crippen LogP contribution is 2.17. The Morgan fingerprint density at radius 3 is 2.20 bits per heavy atom. The number of carbonyl (C=O) groups is 2. The summed E-state index contributed by atoms with van der Waals surface area (Å²) >= 11 is 0. The standard InChI is InChI=1S/C14H26N2O3.ClH/c1-11(14(18)19)16(2)10-13(17)15-12-8-6-4-3-5-7-9-12;/h11-12H,3-10H2,1-2H3,(H,15,17)(H,18,19);1H. The lowest BCUT2D eigenvalue weighted by Crippen LogP contribution is -2.45. The molecule has 0 spiro atoms. The molecule has 1 unspecified atom stereocenters. The lowest BCUT2D eigenvalue weighted by molar-refractivity contribution is -0.142. The molecule has 1 rings (SSSR count). The molecule has 1 amide bonds. The molecule has 6 heteroatoms. The summed E-state index contributed by atoms with van der Waals surface area (Å²) in [6.07, 6.45) is 8.25. The molecule has 1 aliphatic rings. The summed E-state index contributed by atoms with van der Waals surface area (Å²) < 4.78 is 0. The molecule has 20 heavy (non-hydrogen) atoms. The van der Waals surface area contributed by atoms with Crippen molar-refractivity contribution in [1.29, 1.82) is 0 Å². The van der Waals surface area contributed by atoms with Gasteiger partial charge in [-0.3, -0.25) is 14.5 Å². The van der Waals surface area contributed by atoms with E-state index in [1.165, 1.54) is 32.1 Å². The number of nitrogens with zero attached hydrogens (tertiary/aromatic N) is 1. The van der Waals surface area contributed by atoms with Gasteiger partial charge >= 0.3 is 5.97 Å². The first-order chi connectivity index (χ1) is 9.00. The normalized spacial score (nSPS) is 18.6. The van der Waals surface area contributed by atoms with Crippen LogP contribution in [0.3, 0.4) is 0 Å². The first-order valence-corrected chi connectivity index (χ1v) is 7.23. The maximum atomic E-state index is 11.9. The summed E-state index contributed by atoms with van der Waals surface area (Å²) in [6, 6.07) is -0.371. The SMILES string of the molecule is CC(C(=O)O)N(C)CC(=O)NC1CCCCCCC1.Cl. The second-order valence-corrected chi connectivity index (χ2v) is 5.54. The van der Waals surface area contributed by atoms with Gasteiger partial charge in [-0.05, 0) is 26.8 Å². The number of carboxylic acids is 1. The third-order valence-corrected chi connectivity index (χ3v) is 3.88. The van der Waals surface area contributed by atoms with Crippen LogP contribution in [0.5, 0.6) is 0 Å². The van der Waals surface area contributed by atoms with Crippen molar-refractivity contribution in [3.8, 4) is 0 Å². The van der Waals surface area contributed by atoms with Crippen LogP contribution in [0.25, 0.3) is 0 Å². The van der Waals surface area contributed by atoms with E-state index in [-0.39, 0.29) is 30.9 Å². The molecule has 1 atom stereocenters. The van der Waals surface area contributed by atoms with Gasteiger partial charge in [-0.2, -0.15) is 0 Å². The predicted molar refractivity (Wildman–Crippen MR) is 81.2 cm³/mol. The van der Waals surface area contributed by atoms with Crippen LogP contribution in [0.4, 0.5) is 0 Å². The molecule has 0 aromatic rings. The Morgan fingerprint density at radius 1 is 1.20 bits per heavy atom. The highest BCUT2D eigenvalue weighted by molar-refractivity contribution is 5.85. The Bertz CT molecular complexity index is 305. The molecule has 118 valence electrons. The second kappa shape index (κ2) is 10.00. The fourth-order valence-corrected chi connectivity index (χ4v) is 2.43. The molecule has 0 heterocycles. The highest BCUT2D eigenvalue weighted by Gasteiger charge is 2.20. The van der Waals surface area contributed by atoms with Crippen molar-refractivity contribution in [1.82, 2.24) is 10.2 Å². The smallest absolute Gasteiger partial charge is 0.320 e. The molecule has 0 saturated heterocycles. The lowest BCUT2D eigenvalue weighted by Gasteiger charge is -2.24. The van der Waals surface area contributed by atoms with E-state index in [0.29, 0.717) is 0 Å². The summed E-state index contributed by atoms with van der Waals surface area (Å²) in [6.45, 7) is 1.73. The highest BCUT2D eigenvalue weighted by atomic mass is 35.5. The second-order valence-electron chi connectivity index (χ2n) is 5.54. The maximum absolute atomic E-state index is 11.9.